The van der Waals surface area contributed by atoms with Gasteiger partial charge in [0.15, 0.2) is 16.6 Å². The van der Waals surface area contributed by atoms with Crippen LogP contribution in [0.3, 0.4) is 0 Å². The molecule has 1 atom stereocenters. The van der Waals surface area contributed by atoms with Gasteiger partial charge in [-0.3, -0.25) is 14.5 Å². The van der Waals surface area contributed by atoms with Crippen molar-refractivity contribution in [3.63, 3.8) is 0 Å². The Hall–Kier alpha value is -4.08. The number of phenols is 1. The molecule has 1 aliphatic heterocycles. The molecule has 38 heavy (non-hydrogen) atoms. The summed E-state index contributed by atoms with van der Waals surface area (Å²) in [5.41, 5.74) is 1.26. The van der Waals surface area contributed by atoms with Gasteiger partial charge in [0.1, 0.15) is 11.5 Å². The van der Waals surface area contributed by atoms with Crippen LogP contribution in [0.5, 0.6) is 17.2 Å². The first-order valence-electron chi connectivity index (χ1n) is 11.9. The largest absolute Gasteiger partial charge is 0.507 e. The molecule has 194 valence electrons. The molecule has 2 N–H and O–H groups in total. The van der Waals surface area contributed by atoms with Gasteiger partial charge in [-0.05, 0) is 61.9 Å². The van der Waals surface area contributed by atoms with E-state index < -0.39 is 17.7 Å². The molecule has 2 heterocycles. The molecule has 0 spiro atoms. The molecule has 0 saturated carbocycles. The summed E-state index contributed by atoms with van der Waals surface area (Å²) < 4.78 is 11.8. The first-order valence-corrected chi connectivity index (χ1v) is 13.1. The number of amides is 1. The molecular formula is C28H23ClN2O6S. The molecule has 1 aromatic heterocycles. The minimum Gasteiger partial charge on any atom is -0.507 e. The molecule has 10 heteroatoms. The van der Waals surface area contributed by atoms with Crippen molar-refractivity contribution in [3.8, 4) is 17.2 Å². The highest BCUT2D eigenvalue weighted by atomic mass is 35.5. The van der Waals surface area contributed by atoms with E-state index in [2.05, 4.69) is 4.98 Å². The summed E-state index contributed by atoms with van der Waals surface area (Å²) in [6, 6.07) is 15.3. The van der Waals surface area contributed by atoms with Gasteiger partial charge in [0.2, 0.25) is 0 Å². The fourth-order valence-corrected chi connectivity index (χ4v) is 5.63. The highest BCUT2D eigenvalue weighted by molar-refractivity contribution is 7.22. The number of fused-ring (bicyclic) bond motifs is 1. The van der Waals surface area contributed by atoms with Crippen LogP contribution in [0, 0.1) is 0 Å². The monoisotopic (exact) mass is 550 g/mol. The maximum absolute atomic E-state index is 13.5. The van der Waals surface area contributed by atoms with Crippen LogP contribution in [0.1, 0.15) is 31.0 Å². The summed E-state index contributed by atoms with van der Waals surface area (Å²) >= 11 is 7.35. The highest BCUT2D eigenvalue weighted by Crippen LogP contribution is 2.46. The lowest BCUT2D eigenvalue weighted by Gasteiger charge is -2.23. The predicted octanol–water partition coefficient (Wildman–Crippen LogP) is 6.08. The first-order chi connectivity index (χ1) is 18.3. The smallest absolute Gasteiger partial charge is 0.301 e. The number of rotatable bonds is 7. The number of carbonyl (C=O) groups is 2. The second kappa shape index (κ2) is 10.4. The van der Waals surface area contributed by atoms with E-state index in [1.165, 1.54) is 22.3 Å². The zero-order valence-electron chi connectivity index (χ0n) is 20.5. The Bertz CT molecular complexity index is 1600. The normalized spacial score (nSPS) is 16.8. The lowest BCUT2D eigenvalue weighted by molar-refractivity contribution is -0.132. The Balaban J connectivity index is 1.73. The van der Waals surface area contributed by atoms with Crippen molar-refractivity contribution in [1.29, 1.82) is 0 Å². The number of carbonyl (C=O) groups excluding carboxylic acids is 2. The van der Waals surface area contributed by atoms with Crippen molar-refractivity contribution in [1.82, 2.24) is 4.98 Å². The Morgan fingerprint density at radius 3 is 2.61 bits per heavy atom. The predicted molar refractivity (Wildman–Crippen MR) is 146 cm³/mol. The molecule has 0 radical (unpaired) electrons. The van der Waals surface area contributed by atoms with Crippen LogP contribution in [0.2, 0.25) is 5.02 Å². The van der Waals surface area contributed by atoms with E-state index in [9.17, 15) is 19.8 Å². The van der Waals surface area contributed by atoms with E-state index in [4.69, 9.17) is 21.1 Å². The van der Waals surface area contributed by atoms with E-state index >= 15 is 0 Å². The van der Waals surface area contributed by atoms with E-state index in [0.717, 1.165) is 4.70 Å². The van der Waals surface area contributed by atoms with Gasteiger partial charge in [0.05, 0.1) is 35.0 Å². The van der Waals surface area contributed by atoms with E-state index in [1.54, 1.807) is 61.5 Å². The van der Waals surface area contributed by atoms with Gasteiger partial charge in [0, 0.05) is 10.6 Å². The quantitative estimate of drug-likeness (QED) is 0.163. The molecule has 1 unspecified atom stereocenters. The first kappa shape index (κ1) is 25.6. The zero-order chi connectivity index (χ0) is 27.0. The number of ether oxygens (including phenoxy) is 2. The van der Waals surface area contributed by atoms with Crippen molar-refractivity contribution in [2.24, 2.45) is 0 Å². The number of thiazole rings is 1. The van der Waals surface area contributed by atoms with Crippen LogP contribution in [0.15, 0.2) is 66.2 Å². The number of aliphatic hydroxyl groups excluding tert-OH is 1. The summed E-state index contributed by atoms with van der Waals surface area (Å²) in [7, 11) is 0. The number of nitrogens with zero attached hydrogens (tertiary/aromatic N) is 2. The fraction of sp³-hybridized carbons (Fsp3) is 0.179. The Morgan fingerprint density at radius 2 is 1.84 bits per heavy atom. The van der Waals surface area contributed by atoms with Gasteiger partial charge in [0.25, 0.3) is 5.78 Å². The third kappa shape index (κ3) is 4.55. The summed E-state index contributed by atoms with van der Waals surface area (Å²) in [6.07, 6.45) is 0. The molecule has 0 aliphatic carbocycles. The highest BCUT2D eigenvalue weighted by Gasteiger charge is 2.48. The number of phenolic OH excluding ortho intramolecular Hbond substituents is 1. The van der Waals surface area contributed by atoms with Gasteiger partial charge < -0.3 is 19.7 Å². The van der Waals surface area contributed by atoms with Gasteiger partial charge in [-0.15, -0.1) is 0 Å². The van der Waals surface area contributed by atoms with E-state index in [1.807, 2.05) is 6.92 Å². The van der Waals surface area contributed by atoms with Crippen molar-refractivity contribution in [2.45, 2.75) is 19.9 Å². The number of aromatic hydroxyl groups is 1. The summed E-state index contributed by atoms with van der Waals surface area (Å²) in [5, 5.41) is 22.5. The minimum atomic E-state index is -1.04. The molecule has 4 aromatic rings. The number of aliphatic hydroxyl groups is 1. The number of benzene rings is 3. The topological polar surface area (TPSA) is 109 Å². The number of ketones is 1. The number of hydrogen-bond acceptors (Lipinski definition) is 8. The minimum absolute atomic E-state index is 0.0911. The van der Waals surface area contributed by atoms with Crippen LogP contribution in [-0.4, -0.2) is 40.1 Å². The van der Waals surface area contributed by atoms with E-state index in [-0.39, 0.29) is 28.0 Å². The summed E-state index contributed by atoms with van der Waals surface area (Å²) in [5.74, 6) is -1.45. The van der Waals surface area contributed by atoms with Crippen LogP contribution in [0.25, 0.3) is 16.0 Å². The molecular weight excluding hydrogens is 528 g/mol. The molecule has 1 amide bonds. The average molecular weight is 551 g/mol. The van der Waals surface area contributed by atoms with Gasteiger partial charge in [-0.2, -0.15) is 0 Å². The number of Topliss-reactive ketones (excluding diaryl/α,β-unsaturated/α-hetero) is 1. The second-order valence-electron chi connectivity index (χ2n) is 8.40. The fourth-order valence-electron chi connectivity index (χ4n) is 4.36. The maximum atomic E-state index is 13.5. The molecule has 8 nitrogen and oxygen atoms in total. The molecule has 1 fully saturated rings. The molecule has 5 rings (SSSR count). The second-order valence-corrected chi connectivity index (χ2v) is 9.84. The molecule has 3 aromatic carbocycles. The van der Waals surface area contributed by atoms with Gasteiger partial charge >= 0.3 is 5.91 Å². The van der Waals surface area contributed by atoms with Crippen LogP contribution in [-0.2, 0) is 9.59 Å². The van der Waals surface area contributed by atoms with Crippen molar-refractivity contribution in [2.75, 3.05) is 18.1 Å². The van der Waals surface area contributed by atoms with Crippen LogP contribution < -0.4 is 14.4 Å². The van der Waals surface area contributed by atoms with Gasteiger partial charge in [-0.1, -0.05) is 41.1 Å². The maximum Gasteiger partial charge on any atom is 0.301 e. The van der Waals surface area contributed by atoms with E-state index in [0.29, 0.717) is 40.6 Å². The average Bonchev–Trinajstić information content (AvgIpc) is 3.43. The standard InChI is InChI=1S/C28H23ClN2O6S/c1-3-36-18-7-5-6-16(12-18)25(33)23-24(15-8-11-20(32)21(13-15)37-4-2)31(27(35)26(23)34)28-30-19-10-9-17(29)14-22(19)38-28/h5-14,24,32-33H,3-4H2,1-2H3/b25-23+. The summed E-state index contributed by atoms with van der Waals surface area (Å²) in [6.45, 7) is 4.32. The van der Waals surface area contributed by atoms with Crippen molar-refractivity contribution < 1.29 is 29.3 Å². The lowest BCUT2D eigenvalue weighted by atomic mass is 9.95. The zero-order valence-corrected chi connectivity index (χ0v) is 22.0. The van der Waals surface area contributed by atoms with Gasteiger partial charge in [-0.25, -0.2) is 4.98 Å². The van der Waals surface area contributed by atoms with Crippen molar-refractivity contribution >= 4 is 55.7 Å². The number of hydrogen-bond donors (Lipinski definition) is 2. The third-order valence-electron chi connectivity index (χ3n) is 6.01. The number of halogens is 1. The number of aromatic nitrogens is 1. The Morgan fingerprint density at radius 1 is 1.05 bits per heavy atom. The SMILES string of the molecule is CCOc1cccc(/C(O)=C2\C(=O)C(=O)N(c3nc4ccc(Cl)cc4s3)C2c2ccc(O)c(OCC)c2)c1. The molecule has 0 bridgehead atoms. The van der Waals surface area contributed by atoms with Crippen LogP contribution >= 0.6 is 22.9 Å². The molecule has 1 saturated heterocycles. The van der Waals surface area contributed by atoms with Crippen molar-refractivity contribution in [3.05, 3.63) is 82.4 Å². The summed E-state index contributed by atoms with van der Waals surface area (Å²) in [4.78, 5) is 32.8. The van der Waals surface area contributed by atoms with Crippen LogP contribution in [0.4, 0.5) is 5.13 Å². The molecule has 1 aliphatic rings. The number of anilines is 1. The Labute approximate surface area is 227 Å². The lowest BCUT2D eigenvalue weighted by Crippen LogP contribution is -2.29. The Kier molecular flexibility index (Phi) is 6.96. The third-order valence-corrected chi connectivity index (χ3v) is 7.26.